The first kappa shape index (κ1) is 23.7. The van der Waals surface area contributed by atoms with Crippen LogP contribution in [0.25, 0.3) is 11.3 Å². The fraction of sp³-hybridized carbons (Fsp3) is 0.267. The number of ether oxygens (including phenoxy) is 1. The van der Waals surface area contributed by atoms with E-state index in [0.29, 0.717) is 35.2 Å². The van der Waals surface area contributed by atoms with Crippen LogP contribution in [0.1, 0.15) is 60.5 Å². The van der Waals surface area contributed by atoms with Gasteiger partial charge >= 0.3 is 5.97 Å². The molecule has 0 spiro atoms. The predicted octanol–water partition coefficient (Wildman–Crippen LogP) is 6.54. The standard InChI is InChI=1S/C30H31N3O3/c1-2-36-30(35)21-13-18-25-26(19-21)33-29(34)27(25)28(20-9-5-3-6-10-20)32-24-16-14-23(15-17-24)31-22-11-7-4-8-12-22/h3,5-6,9-10,13-19,22,31-32H,2,4,7-8,11-12H2,1H3,(H,33,34)/b28-27-. The molecule has 0 radical (unpaired) electrons. The molecular weight excluding hydrogens is 450 g/mol. The molecule has 36 heavy (non-hydrogen) atoms. The average Bonchev–Trinajstić information content (AvgIpc) is 3.24. The summed E-state index contributed by atoms with van der Waals surface area (Å²) in [5, 5.41) is 10.1. The van der Waals surface area contributed by atoms with Crippen LogP contribution in [0.2, 0.25) is 0 Å². The van der Waals surface area contributed by atoms with Crippen molar-refractivity contribution in [1.82, 2.24) is 0 Å². The van der Waals surface area contributed by atoms with Crippen molar-refractivity contribution in [3.05, 3.63) is 89.5 Å². The molecule has 2 aliphatic rings. The van der Waals surface area contributed by atoms with E-state index < -0.39 is 5.97 Å². The first-order chi connectivity index (χ1) is 17.6. The number of hydrogen-bond acceptors (Lipinski definition) is 5. The van der Waals surface area contributed by atoms with E-state index in [9.17, 15) is 9.59 Å². The van der Waals surface area contributed by atoms with Gasteiger partial charge in [-0.2, -0.15) is 0 Å². The fourth-order valence-corrected chi connectivity index (χ4v) is 4.92. The summed E-state index contributed by atoms with van der Waals surface area (Å²) in [6, 6.07) is 23.8. The first-order valence-corrected chi connectivity index (χ1v) is 12.7. The second-order valence-electron chi connectivity index (χ2n) is 9.23. The molecule has 1 heterocycles. The van der Waals surface area contributed by atoms with Crippen molar-refractivity contribution >= 4 is 40.2 Å². The van der Waals surface area contributed by atoms with Gasteiger partial charge in [-0.15, -0.1) is 0 Å². The largest absolute Gasteiger partial charge is 0.462 e. The van der Waals surface area contributed by atoms with E-state index in [0.717, 1.165) is 22.5 Å². The lowest BCUT2D eigenvalue weighted by atomic mass is 9.95. The highest BCUT2D eigenvalue weighted by Gasteiger charge is 2.29. The second kappa shape index (κ2) is 10.7. The van der Waals surface area contributed by atoms with E-state index in [-0.39, 0.29) is 5.91 Å². The van der Waals surface area contributed by atoms with Gasteiger partial charge in [-0.25, -0.2) is 4.79 Å². The molecule has 0 aromatic heterocycles. The summed E-state index contributed by atoms with van der Waals surface area (Å²) < 4.78 is 5.11. The van der Waals surface area contributed by atoms with Crippen molar-refractivity contribution < 1.29 is 14.3 Å². The van der Waals surface area contributed by atoms with Gasteiger partial charge in [0.1, 0.15) is 0 Å². The Morgan fingerprint density at radius 2 is 1.64 bits per heavy atom. The third-order valence-electron chi connectivity index (χ3n) is 6.72. The third kappa shape index (κ3) is 5.13. The third-order valence-corrected chi connectivity index (χ3v) is 6.72. The van der Waals surface area contributed by atoms with Gasteiger partial charge in [-0.05, 0) is 61.7 Å². The van der Waals surface area contributed by atoms with Gasteiger partial charge in [0.15, 0.2) is 0 Å². The molecule has 1 fully saturated rings. The summed E-state index contributed by atoms with van der Waals surface area (Å²) in [6.45, 7) is 2.06. The Labute approximate surface area is 211 Å². The van der Waals surface area contributed by atoms with Crippen molar-refractivity contribution in [3.63, 3.8) is 0 Å². The molecule has 3 N–H and O–H groups in total. The summed E-state index contributed by atoms with van der Waals surface area (Å²) in [4.78, 5) is 25.4. The van der Waals surface area contributed by atoms with Crippen LogP contribution in [0.4, 0.5) is 17.1 Å². The Morgan fingerprint density at radius 1 is 0.917 bits per heavy atom. The summed E-state index contributed by atoms with van der Waals surface area (Å²) >= 11 is 0. The van der Waals surface area contributed by atoms with Crippen LogP contribution in [0.5, 0.6) is 0 Å². The molecule has 1 aliphatic heterocycles. The molecule has 1 aliphatic carbocycles. The van der Waals surface area contributed by atoms with Gasteiger partial charge in [0.05, 0.1) is 29.1 Å². The molecule has 0 saturated heterocycles. The molecule has 6 heteroatoms. The lowest BCUT2D eigenvalue weighted by molar-refractivity contribution is -0.110. The lowest BCUT2D eigenvalue weighted by Crippen LogP contribution is -2.22. The molecule has 184 valence electrons. The monoisotopic (exact) mass is 481 g/mol. The molecule has 3 aromatic rings. The van der Waals surface area contributed by atoms with Gasteiger partial charge in [0.25, 0.3) is 5.91 Å². The first-order valence-electron chi connectivity index (χ1n) is 12.7. The van der Waals surface area contributed by atoms with E-state index in [1.165, 1.54) is 32.1 Å². The number of nitrogens with one attached hydrogen (secondary N) is 3. The molecule has 5 rings (SSSR count). The highest BCUT2D eigenvalue weighted by Crippen LogP contribution is 2.38. The Hall–Kier alpha value is -4.06. The quantitative estimate of drug-likeness (QED) is 0.264. The summed E-state index contributed by atoms with van der Waals surface area (Å²) in [7, 11) is 0. The number of carbonyl (C=O) groups is 2. The van der Waals surface area contributed by atoms with E-state index in [1.54, 1.807) is 25.1 Å². The van der Waals surface area contributed by atoms with E-state index in [2.05, 4.69) is 28.1 Å². The topological polar surface area (TPSA) is 79.5 Å². The molecule has 1 saturated carbocycles. The van der Waals surface area contributed by atoms with Gasteiger partial charge in [-0.3, -0.25) is 4.79 Å². The maximum atomic E-state index is 13.2. The van der Waals surface area contributed by atoms with Crippen molar-refractivity contribution in [3.8, 4) is 0 Å². The summed E-state index contributed by atoms with van der Waals surface area (Å²) in [6.07, 6.45) is 6.35. The molecule has 0 unspecified atom stereocenters. The Bertz CT molecular complexity index is 1280. The highest BCUT2D eigenvalue weighted by molar-refractivity contribution is 6.37. The molecule has 1 amide bonds. The molecule has 0 bridgehead atoms. The van der Waals surface area contributed by atoms with E-state index >= 15 is 0 Å². The Kier molecular flexibility index (Phi) is 7.03. The van der Waals surface area contributed by atoms with Gasteiger partial charge in [-0.1, -0.05) is 55.7 Å². The van der Waals surface area contributed by atoms with Crippen molar-refractivity contribution in [2.75, 3.05) is 22.6 Å². The van der Waals surface area contributed by atoms with Gasteiger partial charge in [0.2, 0.25) is 0 Å². The molecule has 6 nitrogen and oxygen atoms in total. The molecule has 0 atom stereocenters. The summed E-state index contributed by atoms with van der Waals surface area (Å²) in [5.74, 6) is -0.622. The summed E-state index contributed by atoms with van der Waals surface area (Å²) in [5.41, 5.74) is 5.90. The lowest BCUT2D eigenvalue weighted by Gasteiger charge is -2.24. The van der Waals surface area contributed by atoms with Crippen molar-refractivity contribution in [2.45, 2.75) is 45.1 Å². The average molecular weight is 482 g/mol. The number of fused-ring (bicyclic) bond motifs is 1. The number of hydrogen-bond donors (Lipinski definition) is 3. The fourth-order valence-electron chi connectivity index (χ4n) is 4.92. The zero-order chi connectivity index (χ0) is 24.9. The number of esters is 1. The van der Waals surface area contributed by atoms with Gasteiger partial charge in [0, 0.05) is 23.0 Å². The minimum Gasteiger partial charge on any atom is -0.462 e. The minimum absolute atomic E-state index is 0.215. The number of amides is 1. The van der Waals surface area contributed by atoms with Crippen LogP contribution < -0.4 is 16.0 Å². The van der Waals surface area contributed by atoms with E-state index in [1.807, 2.05) is 42.5 Å². The van der Waals surface area contributed by atoms with Crippen LogP contribution >= 0.6 is 0 Å². The Morgan fingerprint density at radius 3 is 2.36 bits per heavy atom. The highest BCUT2D eigenvalue weighted by atomic mass is 16.5. The smallest absolute Gasteiger partial charge is 0.338 e. The molecule has 3 aromatic carbocycles. The van der Waals surface area contributed by atoms with Crippen LogP contribution in [-0.4, -0.2) is 24.5 Å². The predicted molar refractivity (Wildman–Crippen MR) is 145 cm³/mol. The van der Waals surface area contributed by atoms with Crippen molar-refractivity contribution in [2.24, 2.45) is 0 Å². The number of benzene rings is 3. The maximum absolute atomic E-state index is 13.2. The maximum Gasteiger partial charge on any atom is 0.338 e. The number of anilines is 3. The molecular formula is C30H31N3O3. The van der Waals surface area contributed by atoms with Gasteiger partial charge < -0.3 is 20.7 Å². The Balaban J connectivity index is 1.46. The zero-order valence-corrected chi connectivity index (χ0v) is 20.5. The van der Waals surface area contributed by atoms with E-state index in [4.69, 9.17) is 4.74 Å². The number of rotatable bonds is 7. The SMILES string of the molecule is CCOC(=O)c1ccc2c(c1)NC(=O)/C2=C(\Nc1ccc(NC2CCCCC2)cc1)c1ccccc1. The van der Waals surface area contributed by atoms with Crippen molar-refractivity contribution in [1.29, 1.82) is 0 Å². The number of carbonyl (C=O) groups excluding carboxylic acids is 2. The zero-order valence-electron chi connectivity index (χ0n) is 20.5. The van der Waals surface area contributed by atoms with Crippen LogP contribution in [-0.2, 0) is 9.53 Å². The minimum atomic E-state index is -0.407. The van der Waals surface area contributed by atoms with Crippen LogP contribution in [0.15, 0.2) is 72.8 Å². The van der Waals surface area contributed by atoms with Crippen LogP contribution in [0.3, 0.4) is 0 Å². The van der Waals surface area contributed by atoms with Crippen LogP contribution in [0, 0.1) is 0 Å². The normalized spacial score (nSPS) is 16.6. The second-order valence-corrected chi connectivity index (χ2v) is 9.23.